The molecule has 0 unspecified atom stereocenters. The van der Waals surface area contributed by atoms with Gasteiger partial charge in [-0.1, -0.05) is 34.7 Å². The van der Waals surface area contributed by atoms with E-state index in [4.69, 9.17) is 17.3 Å². The third kappa shape index (κ3) is 5.40. The Morgan fingerprint density at radius 1 is 1.21 bits per heavy atom. The standard InChI is InChI=1S/C18H12ClF4N3OS2/c19-12-6-3-10(18(21,22)23)7-13(12)25-14(27)8-28-17-26-15(16(24)29-17)9-1-4-11(20)5-2-9/h1-7H,8,24H2,(H,25,27). The smallest absolute Gasteiger partial charge is 0.389 e. The number of aromatic nitrogens is 1. The van der Waals surface area contributed by atoms with E-state index >= 15 is 0 Å². The zero-order chi connectivity index (χ0) is 21.2. The molecule has 2 aromatic carbocycles. The first-order valence-corrected chi connectivity index (χ1v) is 10.1. The molecule has 152 valence electrons. The molecule has 0 aliphatic carbocycles. The van der Waals surface area contributed by atoms with Crippen LogP contribution < -0.4 is 11.1 Å². The predicted molar refractivity (Wildman–Crippen MR) is 108 cm³/mol. The minimum atomic E-state index is -4.55. The second kappa shape index (κ2) is 8.60. The fourth-order valence-corrected chi connectivity index (χ4v) is 4.21. The minimum absolute atomic E-state index is 0.00607. The van der Waals surface area contributed by atoms with Gasteiger partial charge in [-0.05, 0) is 42.5 Å². The summed E-state index contributed by atoms with van der Waals surface area (Å²) in [5.41, 5.74) is 6.00. The first kappa shape index (κ1) is 21.4. The minimum Gasteiger partial charge on any atom is -0.389 e. The summed E-state index contributed by atoms with van der Waals surface area (Å²) in [6.07, 6.45) is -4.55. The van der Waals surface area contributed by atoms with Crippen LogP contribution in [-0.4, -0.2) is 16.6 Å². The van der Waals surface area contributed by atoms with Gasteiger partial charge in [0.25, 0.3) is 0 Å². The third-order valence-electron chi connectivity index (χ3n) is 3.65. The lowest BCUT2D eigenvalue weighted by atomic mass is 10.2. The van der Waals surface area contributed by atoms with Gasteiger partial charge in [0.1, 0.15) is 16.5 Å². The summed E-state index contributed by atoms with van der Waals surface area (Å²) in [7, 11) is 0. The summed E-state index contributed by atoms with van der Waals surface area (Å²) in [6.45, 7) is 0. The molecular formula is C18H12ClF4N3OS2. The number of hydrogen-bond acceptors (Lipinski definition) is 5. The van der Waals surface area contributed by atoms with Gasteiger partial charge in [0, 0.05) is 5.56 Å². The Labute approximate surface area is 176 Å². The molecular weight excluding hydrogens is 450 g/mol. The number of hydrogen-bond donors (Lipinski definition) is 2. The van der Waals surface area contributed by atoms with Crippen LogP contribution in [0.1, 0.15) is 5.56 Å². The summed E-state index contributed by atoms with van der Waals surface area (Å²) in [4.78, 5) is 16.5. The molecule has 0 bridgehead atoms. The third-order valence-corrected chi connectivity index (χ3v) is 6.00. The molecule has 1 aromatic heterocycles. The predicted octanol–water partition coefficient (Wildman–Crippen LogP) is 5.93. The van der Waals surface area contributed by atoms with Crippen molar-refractivity contribution in [3.05, 3.63) is 58.9 Å². The molecule has 0 aliphatic rings. The summed E-state index contributed by atoms with van der Waals surface area (Å²) in [5, 5.41) is 2.76. The van der Waals surface area contributed by atoms with Gasteiger partial charge in [-0.3, -0.25) is 4.79 Å². The number of halogens is 5. The van der Waals surface area contributed by atoms with Crippen LogP contribution in [0.3, 0.4) is 0 Å². The van der Waals surface area contributed by atoms with Crippen molar-refractivity contribution in [3.8, 4) is 11.3 Å². The number of nitrogens with two attached hydrogens (primary N) is 1. The highest BCUT2D eigenvalue weighted by molar-refractivity contribution is 8.01. The molecule has 0 aliphatic heterocycles. The van der Waals surface area contributed by atoms with E-state index in [9.17, 15) is 22.4 Å². The number of thiazole rings is 1. The molecule has 29 heavy (non-hydrogen) atoms. The number of nitrogen functional groups attached to an aromatic ring is 1. The zero-order valence-corrected chi connectivity index (χ0v) is 16.8. The van der Waals surface area contributed by atoms with Crippen molar-refractivity contribution >= 4 is 51.3 Å². The Kier molecular flexibility index (Phi) is 6.35. The van der Waals surface area contributed by atoms with Gasteiger partial charge in [0.2, 0.25) is 5.91 Å². The van der Waals surface area contributed by atoms with Crippen molar-refractivity contribution < 1.29 is 22.4 Å². The second-order valence-corrected chi connectivity index (χ2v) is 8.39. The topological polar surface area (TPSA) is 68.0 Å². The van der Waals surface area contributed by atoms with E-state index in [-0.39, 0.29) is 22.3 Å². The van der Waals surface area contributed by atoms with Crippen LogP contribution in [0.25, 0.3) is 11.3 Å². The quantitative estimate of drug-likeness (QED) is 0.365. The average molecular weight is 462 g/mol. The first-order chi connectivity index (χ1) is 13.6. The van der Waals surface area contributed by atoms with Crippen molar-refractivity contribution in [2.45, 2.75) is 10.5 Å². The van der Waals surface area contributed by atoms with Crippen molar-refractivity contribution in [2.24, 2.45) is 0 Å². The van der Waals surface area contributed by atoms with E-state index in [2.05, 4.69) is 10.3 Å². The van der Waals surface area contributed by atoms with Crippen LogP contribution in [0.4, 0.5) is 28.3 Å². The SMILES string of the molecule is Nc1sc(SCC(=O)Nc2cc(C(F)(F)F)ccc2Cl)nc1-c1ccc(F)cc1. The highest BCUT2D eigenvalue weighted by Gasteiger charge is 2.31. The van der Waals surface area contributed by atoms with Gasteiger partial charge in [-0.15, -0.1) is 0 Å². The van der Waals surface area contributed by atoms with E-state index < -0.39 is 17.6 Å². The van der Waals surface area contributed by atoms with Crippen molar-refractivity contribution in [2.75, 3.05) is 16.8 Å². The number of carbonyl (C=O) groups is 1. The fraction of sp³-hybridized carbons (Fsp3) is 0.111. The van der Waals surface area contributed by atoms with E-state index in [0.717, 1.165) is 41.3 Å². The highest BCUT2D eigenvalue weighted by atomic mass is 35.5. The number of anilines is 2. The maximum atomic E-state index is 13.0. The maximum absolute atomic E-state index is 13.0. The molecule has 0 saturated heterocycles. The lowest BCUT2D eigenvalue weighted by Gasteiger charge is -2.11. The number of amides is 1. The van der Waals surface area contributed by atoms with Crippen molar-refractivity contribution in [3.63, 3.8) is 0 Å². The van der Waals surface area contributed by atoms with Gasteiger partial charge in [0.05, 0.1) is 22.0 Å². The normalized spacial score (nSPS) is 11.5. The monoisotopic (exact) mass is 461 g/mol. The van der Waals surface area contributed by atoms with Crippen LogP contribution >= 0.6 is 34.7 Å². The second-order valence-electron chi connectivity index (χ2n) is 5.73. The molecule has 0 atom stereocenters. The van der Waals surface area contributed by atoms with E-state index in [1.54, 1.807) is 0 Å². The first-order valence-electron chi connectivity index (χ1n) is 7.95. The van der Waals surface area contributed by atoms with Crippen LogP contribution in [-0.2, 0) is 11.0 Å². The average Bonchev–Trinajstić information content (AvgIpc) is 3.02. The van der Waals surface area contributed by atoms with Gasteiger partial charge in [-0.25, -0.2) is 9.37 Å². The van der Waals surface area contributed by atoms with Crippen LogP contribution in [0.5, 0.6) is 0 Å². The Balaban J connectivity index is 1.66. The summed E-state index contributed by atoms with van der Waals surface area (Å²) in [5.74, 6) is -1.04. The zero-order valence-electron chi connectivity index (χ0n) is 14.4. The number of rotatable bonds is 5. The molecule has 0 fully saturated rings. The van der Waals surface area contributed by atoms with E-state index in [1.165, 1.54) is 24.3 Å². The fourth-order valence-electron chi connectivity index (χ4n) is 2.30. The Hall–Kier alpha value is -2.30. The molecule has 0 saturated carbocycles. The van der Waals surface area contributed by atoms with Crippen molar-refractivity contribution in [1.82, 2.24) is 4.98 Å². The summed E-state index contributed by atoms with van der Waals surface area (Å²) < 4.78 is 52.0. The molecule has 1 amide bonds. The van der Waals surface area contributed by atoms with Gasteiger partial charge in [-0.2, -0.15) is 13.2 Å². The number of nitrogens with one attached hydrogen (secondary N) is 1. The Morgan fingerprint density at radius 3 is 2.55 bits per heavy atom. The molecule has 3 rings (SSSR count). The largest absolute Gasteiger partial charge is 0.416 e. The number of carbonyl (C=O) groups excluding carboxylic acids is 1. The summed E-state index contributed by atoms with van der Waals surface area (Å²) >= 11 is 8.09. The van der Waals surface area contributed by atoms with Crippen molar-refractivity contribution in [1.29, 1.82) is 0 Å². The number of nitrogens with zero attached hydrogens (tertiary/aromatic N) is 1. The number of thioether (sulfide) groups is 1. The lowest BCUT2D eigenvalue weighted by Crippen LogP contribution is -2.15. The molecule has 3 aromatic rings. The Bertz CT molecular complexity index is 1040. The van der Waals surface area contributed by atoms with Gasteiger partial charge in [0.15, 0.2) is 4.34 Å². The lowest BCUT2D eigenvalue weighted by molar-refractivity contribution is -0.137. The molecule has 1 heterocycles. The maximum Gasteiger partial charge on any atom is 0.416 e. The molecule has 0 radical (unpaired) electrons. The number of benzene rings is 2. The van der Waals surface area contributed by atoms with E-state index in [1.807, 2.05) is 0 Å². The van der Waals surface area contributed by atoms with Crippen LogP contribution in [0, 0.1) is 5.82 Å². The van der Waals surface area contributed by atoms with Gasteiger partial charge >= 0.3 is 6.18 Å². The van der Waals surface area contributed by atoms with Gasteiger partial charge < -0.3 is 11.1 Å². The van der Waals surface area contributed by atoms with E-state index in [0.29, 0.717) is 20.6 Å². The molecule has 0 spiro atoms. The molecule has 11 heteroatoms. The Morgan fingerprint density at radius 2 is 1.90 bits per heavy atom. The van der Waals surface area contributed by atoms with Crippen LogP contribution in [0.2, 0.25) is 5.02 Å². The highest BCUT2D eigenvalue weighted by Crippen LogP contribution is 2.36. The summed E-state index contributed by atoms with van der Waals surface area (Å²) in [6, 6.07) is 8.33. The number of alkyl halides is 3. The molecule has 3 N–H and O–H groups in total. The molecule has 4 nitrogen and oxygen atoms in total. The van der Waals surface area contributed by atoms with Crippen LogP contribution in [0.15, 0.2) is 46.8 Å².